The topological polar surface area (TPSA) is 53.8 Å². The van der Waals surface area contributed by atoms with Gasteiger partial charge < -0.3 is 5.32 Å². The second-order valence-corrected chi connectivity index (χ2v) is 4.87. The maximum absolute atomic E-state index is 10.9. The summed E-state index contributed by atoms with van der Waals surface area (Å²) in [6, 6.07) is 6.18. The average molecular weight is 247 g/mol. The Hall–Kier alpha value is -1.62. The van der Waals surface area contributed by atoms with Crippen LogP contribution in [-0.4, -0.2) is 23.0 Å². The van der Waals surface area contributed by atoms with Gasteiger partial charge in [-0.25, -0.2) is 0 Å². The van der Waals surface area contributed by atoms with Crippen LogP contribution in [0, 0.1) is 13.8 Å². The molecule has 4 nitrogen and oxygen atoms in total. The molecule has 0 spiro atoms. The summed E-state index contributed by atoms with van der Waals surface area (Å²) < 4.78 is 0. The van der Waals surface area contributed by atoms with Crippen molar-refractivity contribution in [1.29, 1.82) is 0 Å². The van der Waals surface area contributed by atoms with E-state index < -0.39 is 0 Å². The van der Waals surface area contributed by atoms with Gasteiger partial charge >= 0.3 is 0 Å². The van der Waals surface area contributed by atoms with E-state index in [-0.39, 0.29) is 5.91 Å². The quantitative estimate of drug-likeness (QED) is 0.640. The Morgan fingerprint density at radius 3 is 2.59 bits per heavy atom. The molecule has 17 heavy (non-hydrogen) atoms. The first-order valence-electron chi connectivity index (χ1n) is 5.25. The van der Waals surface area contributed by atoms with E-state index in [1.807, 2.05) is 26.0 Å². The third-order valence-electron chi connectivity index (χ3n) is 2.19. The van der Waals surface area contributed by atoms with Crippen molar-refractivity contribution in [3.8, 4) is 0 Å². The van der Waals surface area contributed by atoms with E-state index in [1.54, 1.807) is 6.21 Å². The Bertz CT molecular complexity index is 488. The van der Waals surface area contributed by atoms with Gasteiger partial charge in [-0.15, -0.1) is 5.10 Å². The molecule has 0 bridgehead atoms. The van der Waals surface area contributed by atoms with E-state index in [2.05, 4.69) is 21.6 Å². The Labute approximate surface area is 104 Å². The van der Waals surface area contributed by atoms with Gasteiger partial charge in [0.1, 0.15) is 0 Å². The first-order valence-corrected chi connectivity index (χ1v) is 6.24. The molecule has 1 amide bonds. The molecule has 1 aliphatic heterocycles. The lowest BCUT2D eigenvalue weighted by Gasteiger charge is -1.98. The molecular formula is C12H13N3OS. The second kappa shape index (κ2) is 5.14. The third kappa shape index (κ3) is 3.42. The Morgan fingerprint density at radius 2 is 2.00 bits per heavy atom. The fraction of sp³-hybridized carbons (Fsp3) is 0.250. The lowest BCUT2D eigenvalue weighted by atomic mass is 10.1. The maximum atomic E-state index is 10.9. The monoisotopic (exact) mass is 247 g/mol. The van der Waals surface area contributed by atoms with E-state index in [1.165, 1.54) is 22.9 Å². The molecule has 0 aliphatic carbocycles. The van der Waals surface area contributed by atoms with Gasteiger partial charge in [-0.3, -0.25) is 4.79 Å². The Balaban J connectivity index is 2.07. The van der Waals surface area contributed by atoms with E-state index in [0.29, 0.717) is 10.9 Å². The highest BCUT2D eigenvalue weighted by molar-refractivity contribution is 8.15. The van der Waals surface area contributed by atoms with Crippen LogP contribution in [0.5, 0.6) is 0 Å². The summed E-state index contributed by atoms with van der Waals surface area (Å²) >= 11 is 1.37. The van der Waals surface area contributed by atoms with Crippen LogP contribution in [0.25, 0.3) is 0 Å². The van der Waals surface area contributed by atoms with Crippen LogP contribution < -0.4 is 5.32 Å². The number of rotatable bonds is 2. The molecule has 1 fully saturated rings. The van der Waals surface area contributed by atoms with Crippen molar-refractivity contribution in [3.63, 3.8) is 0 Å². The molecule has 2 rings (SSSR count). The number of nitrogens with zero attached hydrogens (tertiary/aromatic N) is 2. The smallest absolute Gasteiger partial charge is 0.236 e. The molecule has 88 valence electrons. The number of hydrogen-bond donors (Lipinski definition) is 1. The molecule has 1 N–H and O–H groups in total. The van der Waals surface area contributed by atoms with Crippen molar-refractivity contribution in [1.82, 2.24) is 5.32 Å². The number of carbonyl (C=O) groups excluding carboxylic acids is 1. The summed E-state index contributed by atoms with van der Waals surface area (Å²) in [6.07, 6.45) is 1.69. The average Bonchev–Trinajstić information content (AvgIpc) is 2.63. The summed E-state index contributed by atoms with van der Waals surface area (Å²) in [5, 5.41) is 11.1. The molecule has 1 aliphatic rings. The van der Waals surface area contributed by atoms with Crippen LogP contribution in [0.3, 0.4) is 0 Å². The van der Waals surface area contributed by atoms with Crippen molar-refractivity contribution in [3.05, 3.63) is 34.9 Å². The Morgan fingerprint density at radius 1 is 1.29 bits per heavy atom. The minimum absolute atomic E-state index is 0.0182. The highest BCUT2D eigenvalue weighted by atomic mass is 32.2. The lowest BCUT2D eigenvalue weighted by Crippen LogP contribution is -2.19. The summed E-state index contributed by atoms with van der Waals surface area (Å²) in [7, 11) is 0. The van der Waals surface area contributed by atoms with Gasteiger partial charge in [0.15, 0.2) is 5.17 Å². The first-order chi connectivity index (χ1) is 8.13. The van der Waals surface area contributed by atoms with Crippen molar-refractivity contribution < 1.29 is 4.79 Å². The molecular weight excluding hydrogens is 234 g/mol. The van der Waals surface area contributed by atoms with Crippen LogP contribution in [0.4, 0.5) is 0 Å². The van der Waals surface area contributed by atoms with Crippen molar-refractivity contribution in [2.45, 2.75) is 13.8 Å². The summed E-state index contributed by atoms with van der Waals surface area (Å²) in [4.78, 5) is 10.9. The molecule has 0 saturated carbocycles. The van der Waals surface area contributed by atoms with Crippen LogP contribution in [-0.2, 0) is 4.79 Å². The number of aryl methyl sites for hydroxylation is 2. The van der Waals surface area contributed by atoms with Crippen molar-refractivity contribution in [2.75, 3.05) is 5.75 Å². The van der Waals surface area contributed by atoms with E-state index in [0.717, 1.165) is 5.56 Å². The second-order valence-electron chi connectivity index (χ2n) is 3.91. The van der Waals surface area contributed by atoms with Gasteiger partial charge in [-0.2, -0.15) is 5.10 Å². The molecule has 1 heterocycles. The van der Waals surface area contributed by atoms with E-state index >= 15 is 0 Å². The van der Waals surface area contributed by atoms with Gasteiger partial charge in [-0.05, 0) is 19.4 Å². The molecule has 5 heteroatoms. The van der Waals surface area contributed by atoms with Crippen LogP contribution in [0.15, 0.2) is 28.4 Å². The standard InChI is InChI=1S/C12H13N3OS/c1-8-3-9(2)5-10(4-8)6-13-15-12-14-11(16)7-17-12/h3-6H,7H2,1-2H3,(H,14,15,16). The molecule has 0 atom stereocenters. The first kappa shape index (κ1) is 11.9. The normalized spacial score (nSPS) is 18.0. The summed E-state index contributed by atoms with van der Waals surface area (Å²) in [5.41, 5.74) is 3.41. The van der Waals surface area contributed by atoms with Crippen LogP contribution in [0.1, 0.15) is 16.7 Å². The van der Waals surface area contributed by atoms with Crippen LogP contribution >= 0.6 is 11.8 Å². The van der Waals surface area contributed by atoms with Gasteiger partial charge in [0, 0.05) is 0 Å². The largest absolute Gasteiger partial charge is 0.303 e. The van der Waals surface area contributed by atoms with E-state index in [4.69, 9.17) is 0 Å². The number of benzene rings is 1. The zero-order valence-electron chi connectivity index (χ0n) is 9.73. The SMILES string of the molecule is Cc1cc(C)cc(C=NN=C2NC(=O)CS2)c1. The third-order valence-corrected chi connectivity index (χ3v) is 3.05. The maximum Gasteiger partial charge on any atom is 0.236 e. The minimum Gasteiger partial charge on any atom is -0.303 e. The Kier molecular flexibility index (Phi) is 3.58. The fourth-order valence-corrected chi connectivity index (χ4v) is 2.24. The molecule has 1 saturated heterocycles. The zero-order chi connectivity index (χ0) is 12.3. The summed E-state index contributed by atoms with van der Waals surface area (Å²) in [5.74, 6) is 0.410. The zero-order valence-corrected chi connectivity index (χ0v) is 10.5. The molecule has 0 aromatic heterocycles. The molecule has 1 aromatic carbocycles. The van der Waals surface area contributed by atoms with Crippen LogP contribution in [0.2, 0.25) is 0 Å². The number of thioether (sulfide) groups is 1. The van der Waals surface area contributed by atoms with Crippen molar-refractivity contribution >= 4 is 29.1 Å². The predicted octanol–water partition coefficient (Wildman–Crippen LogP) is 1.86. The van der Waals surface area contributed by atoms with Gasteiger partial charge in [0.25, 0.3) is 0 Å². The number of amidine groups is 1. The minimum atomic E-state index is -0.0182. The van der Waals surface area contributed by atoms with Gasteiger partial charge in [0.05, 0.1) is 12.0 Å². The van der Waals surface area contributed by atoms with Crippen molar-refractivity contribution in [2.24, 2.45) is 10.2 Å². The number of hydrogen-bond acceptors (Lipinski definition) is 4. The van der Waals surface area contributed by atoms with E-state index in [9.17, 15) is 4.79 Å². The lowest BCUT2D eigenvalue weighted by molar-refractivity contribution is -0.116. The van der Waals surface area contributed by atoms with Gasteiger partial charge in [-0.1, -0.05) is 41.1 Å². The highest BCUT2D eigenvalue weighted by Gasteiger charge is 2.15. The molecule has 1 aromatic rings. The number of carbonyl (C=O) groups is 1. The molecule has 0 radical (unpaired) electrons. The number of amides is 1. The summed E-state index contributed by atoms with van der Waals surface area (Å²) in [6.45, 7) is 4.09. The fourth-order valence-electron chi connectivity index (χ4n) is 1.61. The number of nitrogens with one attached hydrogen (secondary N) is 1. The highest BCUT2D eigenvalue weighted by Crippen LogP contribution is 2.09. The molecule has 0 unspecified atom stereocenters. The predicted molar refractivity (Wildman–Crippen MR) is 71.5 cm³/mol. The van der Waals surface area contributed by atoms with Gasteiger partial charge in [0.2, 0.25) is 5.91 Å².